The molecular weight excluding hydrogens is 318 g/mol. The van der Waals surface area contributed by atoms with E-state index in [0.717, 1.165) is 44.1 Å². The van der Waals surface area contributed by atoms with Crippen LogP contribution in [0.25, 0.3) is 0 Å². The van der Waals surface area contributed by atoms with Crippen molar-refractivity contribution in [1.82, 2.24) is 10.2 Å². The van der Waals surface area contributed by atoms with E-state index in [1.54, 1.807) is 12.1 Å². The lowest BCUT2D eigenvalue weighted by atomic mass is 10.0. The number of oxime groups is 1. The zero-order valence-corrected chi connectivity index (χ0v) is 13.6. The molecule has 124 valence electrons. The number of nitrogens with zero attached hydrogens (tertiary/aromatic N) is 2. The van der Waals surface area contributed by atoms with Crippen LogP contribution < -0.4 is 5.32 Å². The lowest BCUT2D eigenvalue weighted by molar-refractivity contribution is -0.131. The second-order valence-electron chi connectivity index (χ2n) is 5.59. The molecule has 1 atom stereocenters. The van der Waals surface area contributed by atoms with Crippen LogP contribution in [0.15, 0.2) is 29.4 Å². The SMILES string of the molecule is O=C(NCCN1CCOCC1)[C@@H]1CC(c2ccc(Cl)cc2)=NO1. The number of rotatable bonds is 5. The van der Waals surface area contributed by atoms with Crippen molar-refractivity contribution in [2.24, 2.45) is 5.16 Å². The molecular formula is C16H20ClN3O3. The largest absolute Gasteiger partial charge is 0.382 e. The monoisotopic (exact) mass is 337 g/mol. The number of halogens is 1. The highest BCUT2D eigenvalue weighted by Gasteiger charge is 2.28. The van der Waals surface area contributed by atoms with Gasteiger partial charge in [0, 0.05) is 37.6 Å². The highest BCUT2D eigenvalue weighted by atomic mass is 35.5. The standard InChI is InChI=1S/C16H20ClN3O3/c17-13-3-1-12(2-4-13)14-11-15(23-19-14)16(21)18-5-6-20-7-9-22-10-8-20/h1-4,15H,5-11H2,(H,18,21)/t15-/m0/s1. The first-order valence-corrected chi connectivity index (χ1v) is 8.16. The number of nitrogens with one attached hydrogen (secondary N) is 1. The van der Waals surface area contributed by atoms with Crippen molar-refractivity contribution >= 4 is 23.2 Å². The number of ether oxygens (including phenoxy) is 1. The van der Waals surface area contributed by atoms with Crippen LogP contribution in [-0.4, -0.2) is 62.0 Å². The van der Waals surface area contributed by atoms with Crippen LogP contribution in [0.4, 0.5) is 0 Å². The summed E-state index contributed by atoms with van der Waals surface area (Å²) in [6.45, 7) is 4.79. The Morgan fingerprint density at radius 1 is 1.30 bits per heavy atom. The van der Waals surface area contributed by atoms with E-state index < -0.39 is 6.10 Å². The zero-order valence-electron chi connectivity index (χ0n) is 12.8. The minimum atomic E-state index is -0.551. The maximum atomic E-state index is 12.1. The minimum Gasteiger partial charge on any atom is -0.382 e. The molecule has 1 aromatic rings. The van der Waals surface area contributed by atoms with Gasteiger partial charge in [0.2, 0.25) is 6.10 Å². The fourth-order valence-corrected chi connectivity index (χ4v) is 2.73. The Hall–Kier alpha value is -1.63. The fourth-order valence-electron chi connectivity index (χ4n) is 2.61. The molecule has 0 unspecified atom stereocenters. The molecule has 1 saturated heterocycles. The number of amides is 1. The Bertz CT molecular complexity index is 570. The molecule has 0 aromatic heterocycles. The molecule has 0 bridgehead atoms. The molecule has 1 amide bonds. The van der Waals surface area contributed by atoms with Crippen LogP contribution >= 0.6 is 11.6 Å². The third kappa shape index (κ3) is 4.43. The first-order chi connectivity index (χ1) is 11.2. The van der Waals surface area contributed by atoms with Crippen molar-refractivity contribution < 1.29 is 14.4 Å². The van der Waals surface area contributed by atoms with Crippen LogP contribution in [0, 0.1) is 0 Å². The van der Waals surface area contributed by atoms with Gasteiger partial charge in [-0.2, -0.15) is 0 Å². The predicted octanol–water partition coefficient (Wildman–Crippen LogP) is 1.28. The molecule has 0 aliphatic carbocycles. The minimum absolute atomic E-state index is 0.119. The summed E-state index contributed by atoms with van der Waals surface area (Å²) >= 11 is 5.87. The highest BCUT2D eigenvalue weighted by molar-refractivity contribution is 6.30. The predicted molar refractivity (Wildman–Crippen MR) is 87.7 cm³/mol. The lowest BCUT2D eigenvalue weighted by Gasteiger charge is -2.26. The maximum Gasteiger partial charge on any atom is 0.264 e. The van der Waals surface area contributed by atoms with Crippen molar-refractivity contribution in [3.05, 3.63) is 34.9 Å². The second kappa shape index (κ2) is 7.77. The maximum absolute atomic E-state index is 12.1. The number of hydrogen-bond acceptors (Lipinski definition) is 5. The number of carbonyl (C=O) groups excluding carboxylic acids is 1. The Labute approximate surface area is 140 Å². The van der Waals surface area contributed by atoms with Gasteiger partial charge in [0.15, 0.2) is 0 Å². The Kier molecular flexibility index (Phi) is 5.48. The van der Waals surface area contributed by atoms with E-state index in [2.05, 4.69) is 15.4 Å². The van der Waals surface area contributed by atoms with Gasteiger partial charge in [-0.25, -0.2) is 0 Å². The first kappa shape index (κ1) is 16.2. The van der Waals surface area contributed by atoms with E-state index >= 15 is 0 Å². The van der Waals surface area contributed by atoms with Gasteiger partial charge in [0.25, 0.3) is 5.91 Å². The van der Waals surface area contributed by atoms with Crippen LogP contribution in [0.2, 0.25) is 5.02 Å². The molecule has 6 nitrogen and oxygen atoms in total. The summed E-state index contributed by atoms with van der Waals surface area (Å²) in [5.74, 6) is -0.119. The topological polar surface area (TPSA) is 63.2 Å². The average Bonchev–Trinajstić information content (AvgIpc) is 3.06. The van der Waals surface area contributed by atoms with E-state index in [4.69, 9.17) is 21.2 Å². The van der Waals surface area contributed by atoms with E-state index in [9.17, 15) is 4.79 Å². The molecule has 1 fully saturated rings. The van der Waals surface area contributed by atoms with E-state index in [1.165, 1.54) is 0 Å². The fraction of sp³-hybridized carbons (Fsp3) is 0.500. The number of carbonyl (C=O) groups is 1. The number of hydrogen-bond donors (Lipinski definition) is 1. The molecule has 0 spiro atoms. The molecule has 2 aliphatic heterocycles. The summed E-state index contributed by atoms with van der Waals surface area (Å²) in [7, 11) is 0. The van der Waals surface area contributed by atoms with E-state index in [0.29, 0.717) is 18.0 Å². The van der Waals surface area contributed by atoms with Crippen LogP contribution in [-0.2, 0) is 14.4 Å². The summed E-state index contributed by atoms with van der Waals surface area (Å²) in [5, 5.41) is 7.61. The summed E-state index contributed by atoms with van der Waals surface area (Å²) in [6, 6.07) is 7.36. The van der Waals surface area contributed by atoms with Crippen molar-refractivity contribution in [1.29, 1.82) is 0 Å². The molecule has 23 heavy (non-hydrogen) atoms. The molecule has 0 saturated carbocycles. The Balaban J connectivity index is 1.42. The van der Waals surface area contributed by atoms with Crippen molar-refractivity contribution in [2.75, 3.05) is 39.4 Å². The summed E-state index contributed by atoms with van der Waals surface area (Å²) in [5.41, 5.74) is 1.70. The molecule has 2 heterocycles. The van der Waals surface area contributed by atoms with Crippen molar-refractivity contribution in [3.63, 3.8) is 0 Å². The van der Waals surface area contributed by atoms with Crippen molar-refractivity contribution in [3.8, 4) is 0 Å². The van der Waals surface area contributed by atoms with E-state index in [-0.39, 0.29) is 5.91 Å². The normalized spacial score (nSPS) is 21.6. The number of morpholine rings is 1. The molecule has 3 rings (SSSR count). The molecule has 7 heteroatoms. The highest BCUT2D eigenvalue weighted by Crippen LogP contribution is 2.18. The first-order valence-electron chi connectivity index (χ1n) is 7.79. The Morgan fingerprint density at radius 2 is 2.04 bits per heavy atom. The molecule has 1 aromatic carbocycles. The van der Waals surface area contributed by atoms with E-state index in [1.807, 2.05) is 12.1 Å². The second-order valence-corrected chi connectivity index (χ2v) is 6.02. The summed E-state index contributed by atoms with van der Waals surface area (Å²) < 4.78 is 5.30. The molecule has 2 aliphatic rings. The van der Waals surface area contributed by atoms with Crippen molar-refractivity contribution in [2.45, 2.75) is 12.5 Å². The van der Waals surface area contributed by atoms with Gasteiger partial charge >= 0.3 is 0 Å². The zero-order chi connectivity index (χ0) is 16.1. The molecule has 1 N–H and O–H groups in total. The van der Waals surface area contributed by atoms with Crippen LogP contribution in [0.5, 0.6) is 0 Å². The average molecular weight is 338 g/mol. The van der Waals surface area contributed by atoms with Gasteiger partial charge in [0.05, 0.1) is 18.9 Å². The van der Waals surface area contributed by atoms with Gasteiger partial charge < -0.3 is 14.9 Å². The quantitative estimate of drug-likeness (QED) is 0.879. The van der Waals surface area contributed by atoms with Gasteiger partial charge in [-0.05, 0) is 17.7 Å². The molecule has 0 radical (unpaired) electrons. The van der Waals surface area contributed by atoms with Crippen LogP contribution in [0.1, 0.15) is 12.0 Å². The third-order valence-electron chi connectivity index (χ3n) is 3.97. The van der Waals surface area contributed by atoms with Gasteiger partial charge in [-0.15, -0.1) is 0 Å². The van der Waals surface area contributed by atoms with Gasteiger partial charge in [-0.1, -0.05) is 28.9 Å². The summed E-state index contributed by atoms with van der Waals surface area (Å²) in [6.07, 6.45) is -0.0734. The van der Waals surface area contributed by atoms with Gasteiger partial charge in [0.1, 0.15) is 0 Å². The van der Waals surface area contributed by atoms with Gasteiger partial charge in [-0.3, -0.25) is 9.69 Å². The van der Waals surface area contributed by atoms with Crippen LogP contribution in [0.3, 0.4) is 0 Å². The number of benzene rings is 1. The third-order valence-corrected chi connectivity index (χ3v) is 4.22. The smallest absolute Gasteiger partial charge is 0.264 e. The Morgan fingerprint density at radius 3 is 2.78 bits per heavy atom. The lowest BCUT2D eigenvalue weighted by Crippen LogP contribution is -2.43. The summed E-state index contributed by atoms with van der Waals surface area (Å²) in [4.78, 5) is 19.7.